The van der Waals surface area contributed by atoms with E-state index >= 15 is 0 Å². The third-order valence-corrected chi connectivity index (χ3v) is 4.07. The molecule has 2 aromatic rings. The van der Waals surface area contributed by atoms with Crippen molar-refractivity contribution in [3.05, 3.63) is 53.7 Å². The molecular formula is C18H19F2N3O2. The van der Waals surface area contributed by atoms with E-state index in [2.05, 4.69) is 10.3 Å². The highest BCUT2D eigenvalue weighted by Crippen LogP contribution is 2.21. The highest BCUT2D eigenvalue weighted by atomic mass is 19.1. The topological polar surface area (TPSA) is 54.5 Å². The molecule has 3 rings (SSSR count). The Labute approximate surface area is 144 Å². The SMILES string of the molecule is Cc1cccc(OC2CCN(C(=O)Nc3c(F)cccc3F)CC2)n1. The molecule has 0 radical (unpaired) electrons. The monoisotopic (exact) mass is 347 g/mol. The number of aromatic nitrogens is 1. The number of carbonyl (C=O) groups excluding carboxylic acids is 1. The van der Waals surface area contributed by atoms with Crippen molar-refractivity contribution < 1.29 is 18.3 Å². The molecule has 132 valence electrons. The molecule has 0 unspecified atom stereocenters. The summed E-state index contributed by atoms with van der Waals surface area (Å²) in [5.74, 6) is -1.02. The Morgan fingerprint density at radius 2 is 1.80 bits per heavy atom. The van der Waals surface area contributed by atoms with E-state index in [1.54, 1.807) is 6.07 Å². The van der Waals surface area contributed by atoms with Crippen LogP contribution in [0.25, 0.3) is 0 Å². The molecule has 1 N–H and O–H groups in total. The van der Waals surface area contributed by atoms with Crippen molar-refractivity contribution in [3.63, 3.8) is 0 Å². The van der Waals surface area contributed by atoms with Crippen LogP contribution < -0.4 is 10.1 Å². The third kappa shape index (κ3) is 4.23. The van der Waals surface area contributed by atoms with Crippen LogP contribution in [0.4, 0.5) is 19.3 Å². The Bertz CT molecular complexity index is 741. The summed E-state index contributed by atoms with van der Waals surface area (Å²) in [6.45, 7) is 2.78. The van der Waals surface area contributed by atoms with Gasteiger partial charge in [0.25, 0.3) is 0 Å². The average molecular weight is 347 g/mol. The number of hydrogen-bond acceptors (Lipinski definition) is 3. The fourth-order valence-corrected chi connectivity index (χ4v) is 2.73. The molecule has 1 aliphatic rings. The predicted octanol–water partition coefficient (Wildman–Crippen LogP) is 3.74. The molecule has 5 nitrogen and oxygen atoms in total. The van der Waals surface area contributed by atoms with Gasteiger partial charge in [-0.15, -0.1) is 0 Å². The number of halogens is 2. The lowest BCUT2D eigenvalue weighted by Gasteiger charge is -2.32. The summed E-state index contributed by atoms with van der Waals surface area (Å²) in [4.78, 5) is 18.0. The normalized spacial score (nSPS) is 15.1. The Morgan fingerprint density at radius 3 is 2.44 bits per heavy atom. The van der Waals surface area contributed by atoms with E-state index in [0.717, 1.165) is 17.8 Å². The molecule has 1 aliphatic heterocycles. The van der Waals surface area contributed by atoms with Gasteiger partial charge >= 0.3 is 6.03 Å². The number of nitrogens with one attached hydrogen (secondary N) is 1. The lowest BCUT2D eigenvalue weighted by molar-refractivity contribution is 0.111. The van der Waals surface area contributed by atoms with Gasteiger partial charge in [0.2, 0.25) is 5.88 Å². The highest BCUT2D eigenvalue weighted by molar-refractivity contribution is 5.89. The number of para-hydroxylation sites is 1. The van der Waals surface area contributed by atoms with Gasteiger partial charge < -0.3 is 15.0 Å². The van der Waals surface area contributed by atoms with Gasteiger partial charge in [0, 0.05) is 37.7 Å². The maximum Gasteiger partial charge on any atom is 0.322 e. The molecule has 1 fully saturated rings. The van der Waals surface area contributed by atoms with Crippen LogP contribution in [0.15, 0.2) is 36.4 Å². The molecule has 0 bridgehead atoms. The van der Waals surface area contributed by atoms with E-state index < -0.39 is 23.4 Å². The number of aryl methyl sites for hydroxylation is 1. The van der Waals surface area contributed by atoms with Crippen molar-refractivity contribution in [2.24, 2.45) is 0 Å². The molecule has 1 aromatic heterocycles. The van der Waals surface area contributed by atoms with Gasteiger partial charge in [0.1, 0.15) is 23.4 Å². The van der Waals surface area contributed by atoms with Crippen molar-refractivity contribution in [2.45, 2.75) is 25.9 Å². The van der Waals surface area contributed by atoms with Gasteiger partial charge in [-0.2, -0.15) is 0 Å². The van der Waals surface area contributed by atoms with E-state index in [4.69, 9.17) is 4.74 Å². The molecule has 0 atom stereocenters. The average Bonchev–Trinajstić information content (AvgIpc) is 2.59. The van der Waals surface area contributed by atoms with E-state index in [9.17, 15) is 13.6 Å². The molecule has 0 spiro atoms. The van der Waals surface area contributed by atoms with Gasteiger partial charge in [0.05, 0.1) is 0 Å². The fourth-order valence-electron chi connectivity index (χ4n) is 2.73. The zero-order valence-corrected chi connectivity index (χ0v) is 13.8. The predicted molar refractivity (Wildman–Crippen MR) is 89.6 cm³/mol. The molecule has 1 aromatic carbocycles. The minimum atomic E-state index is -0.794. The second kappa shape index (κ2) is 7.46. The third-order valence-electron chi connectivity index (χ3n) is 4.07. The van der Waals surface area contributed by atoms with Crippen molar-refractivity contribution >= 4 is 11.7 Å². The van der Waals surface area contributed by atoms with Gasteiger partial charge in [-0.1, -0.05) is 12.1 Å². The van der Waals surface area contributed by atoms with Crippen LogP contribution in [-0.2, 0) is 0 Å². The number of urea groups is 1. The number of hydrogen-bond donors (Lipinski definition) is 1. The summed E-state index contributed by atoms with van der Waals surface area (Å²) in [5, 5.41) is 2.30. The summed E-state index contributed by atoms with van der Waals surface area (Å²) in [7, 11) is 0. The molecule has 2 heterocycles. The second-order valence-electron chi connectivity index (χ2n) is 5.95. The van der Waals surface area contributed by atoms with Crippen LogP contribution in [0, 0.1) is 18.6 Å². The lowest BCUT2D eigenvalue weighted by Crippen LogP contribution is -2.44. The quantitative estimate of drug-likeness (QED) is 0.920. The molecule has 0 aliphatic carbocycles. The largest absolute Gasteiger partial charge is 0.474 e. The Morgan fingerprint density at radius 1 is 1.16 bits per heavy atom. The van der Waals surface area contributed by atoms with E-state index in [1.165, 1.54) is 11.0 Å². The number of pyridine rings is 1. The van der Waals surface area contributed by atoms with Crippen molar-refractivity contribution in [1.29, 1.82) is 0 Å². The summed E-state index contributed by atoms with van der Waals surface area (Å²) in [5.41, 5.74) is 0.455. The fraction of sp³-hybridized carbons (Fsp3) is 0.333. The van der Waals surface area contributed by atoms with Gasteiger partial charge in [-0.05, 0) is 25.1 Å². The molecule has 2 amide bonds. The molecule has 1 saturated heterocycles. The van der Waals surface area contributed by atoms with Crippen LogP contribution in [0.1, 0.15) is 18.5 Å². The standard InChI is InChI=1S/C18H19F2N3O2/c1-12-4-2-7-16(21-12)25-13-8-10-23(11-9-13)18(24)22-17-14(19)5-3-6-15(17)20/h2-7,13H,8-11H2,1H3,(H,22,24). The number of likely N-dealkylation sites (tertiary alicyclic amines) is 1. The first-order chi connectivity index (χ1) is 12.0. The summed E-state index contributed by atoms with van der Waals surface area (Å²) >= 11 is 0. The van der Waals surface area contributed by atoms with Crippen LogP contribution >= 0.6 is 0 Å². The number of benzene rings is 1. The Kier molecular flexibility index (Phi) is 5.11. The summed E-state index contributed by atoms with van der Waals surface area (Å²) < 4.78 is 33.1. The van der Waals surface area contributed by atoms with Crippen LogP contribution in [0.3, 0.4) is 0 Å². The number of carbonyl (C=O) groups is 1. The van der Waals surface area contributed by atoms with Crippen molar-refractivity contribution in [3.8, 4) is 5.88 Å². The molecule has 0 saturated carbocycles. The maximum absolute atomic E-state index is 13.6. The zero-order valence-electron chi connectivity index (χ0n) is 13.8. The van der Waals surface area contributed by atoms with Crippen LogP contribution in [-0.4, -0.2) is 35.1 Å². The first kappa shape index (κ1) is 17.1. The second-order valence-corrected chi connectivity index (χ2v) is 5.95. The molecule has 7 heteroatoms. The Hall–Kier alpha value is -2.70. The minimum absolute atomic E-state index is 0.0384. The van der Waals surface area contributed by atoms with Crippen molar-refractivity contribution in [1.82, 2.24) is 9.88 Å². The lowest BCUT2D eigenvalue weighted by atomic mass is 10.1. The summed E-state index contributed by atoms with van der Waals surface area (Å²) in [6.07, 6.45) is 1.22. The van der Waals surface area contributed by atoms with Gasteiger partial charge in [-0.3, -0.25) is 0 Å². The zero-order chi connectivity index (χ0) is 17.8. The highest BCUT2D eigenvalue weighted by Gasteiger charge is 2.25. The van der Waals surface area contributed by atoms with E-state index in [-0.39, 0.29) is 6.10 Å². The van der Waals surface area contributed by atoms with E-state index in [0.29, 0.717) is 31.8 Å². The number of rotatable bonds is 3. The van der Waals surface area contributed by atoms with Gasteiger partial charge in [-0.25, -0.2) is 18.6 Å². The first-order valence-electron chi connectivity index (χ1n) is 8.13. The minimum Gasteiger partial charge on any atom is -0.474 e. The molecule has 25 heavy (non-hydrogen) atoms. The summed E-state index contributed by atoms with van der Waals surface area (Å²) in [6, 6.07) is 8.51. The first-order valence-corrected chi connectivity index (χ1v) is 8.13. The smallest absolute Gasteiger partial charge is 0.322 e. The van der Waals surface area contributed by atoms with Crippen LogP contribution in [0.2, 0.25) is 0 Å². The Balaban J connectivity index is 1.54. The number of nitrogens with zero attached hydrogens (tertiary/aromatic N) is 2. The number of amides is 2. The van der Waals surface area contributed by atoms with Crippen molar-refractivity contribution in [2.75, 3.05) is 18.4 Å². The number of ether oxygens (including phenoxy) is 1. The molecular weight excluding hydrogens is 328 g/mol. The van der Waals surface area contributed by atoms with Gasteiger partial charge in [0.15, 0.2) is 0 Å². The van der Waals surface area contributed by atoms with E-state index in [1.807, 2.05) is 19.1 Å². The maximum atomic E-state index is 13.6. The van der Waals surface area contributed by atoms with Crippen LogP contribution in [0.5, 0.6) is 5.88 Å². The number of anilines is 1. The number of piperidine rings is 1.